The Hall–Kier alpha value is -5.94. The third-order valence-electron chi connectivity index (χ3n) is 8.08. The van der Waals surface area contributed by atoms with Gasteiger partial charge < -0.3 is 13.4 Å². The molecule has 202 valence electrons. The Morgan fingerprint density at radius 3 is 1.53 bits per heavy atom. The van der Waals surface area contributed by atoms with Gasteiger partial charge in [-0.3, -0.25) is 0 Å². The van der Waals surface area contributed by atoms with E-state index in [-0.39, 0.29) is 0 Å². The van der Waals surface area contributed by atoms with Gasteiger partial charge in [-0.15, -0.1) is 0 Å². The molecule has 0 fully saturated rings. The number of para-hydroxylation sites is 5. The molecule has 3 heterocycles. The van der Waals surface area contributed by atoms with Crippen LogP contribution in [0.5, 0.6) is 0 Å². The van der Waals surface area contributed by atoms with Crippen molar-refractivity contribution >= 4 is 44.0 Å². The summed E-state index contributed by atoms with van der Waals surface area (Å²) in [6.07, 6.45) is 0. The SMILES string of the molecule is c1ccc(-c2ccccc2-n2c3ccc(-c4nc5ccccc5o4)cc3c3cc(-c4nc5ccccc5o4)ccc32)cc1. The van der Waals surface area contributed by atoms with E-state index in [9.17, 15) is 0 Å². The topological polar surface area (TPSA) is 57.0 Å². The summed E-state index contributed by atoms with van der Waals surface area (Å²) in [6, 6.07) is 47.7. The zero-order valence-corrected chi connectivity index (χ0v) is 22.9. The maximum atomic E-state index is 6.17. The molecule has 43 heavy (non-hydrogen) atoms. The largest absolute Gasteiger partial charge is 0.436 e. The Morgan fingerprint density at radius 2 is 0.953 bits per heavy atom. The maximum Gasteiger partial charge on any atom is 0.227 e. The summed E-state index contributed by atoms with van der Waals surface area (Å²) in [4.78, 5) is 9.56. The molecule has 9 aromatic rings. The van der Waals surface area contributed by atoms with Gasteiger partial charge >= 0.3 is 0 Å². The van der Waals surface area contributed by atoms with Gasteiger partial charge in [-0.25, -0.2) is 9.97 Å². The van der Waals surface area contributed by atoms with Crippen molar-refractivity contribution in [3.05, 3.63) is 140 Å². The van der Waals surface area contributed by atoms with E-state index in [1.807, 2.05) is 54.6 Å². The molecule has 6 aromatic carbocycles. The molecule has 0 spiro atoms. The lowest BCUT2D eigenvalue weighted by molar-refractivity contribution is 0.619. The van der Waals surface area contributed by atoms with E-state index < -0.39 is 0 Å². The predicted molar refractivity (Wildman–Crippen MR) is 172 cm³/mol. The molecule has 0 aliphatic rings. The van der Waals surface area contributed by atoms with Crippen LogP contribution < -0.4 is 0 Å². The fourth-order valence-corrected chi connectivity index (χ4v) is 6.07. The van der Waals surface area contributed by atoms with Crippen LogP contribution in [-0.2, 0) is 0 Å². The first-order valence-electron chi connectivity index (χ1n) is 14.3. The van der Waals surface area contributed by atoms with Crippen LogP contribution in [0.4, 0.5) is 0 Å². The number of benzene rings is 6. The van der Waals surface area contributed by atoms with E-state index in [4.69, 9.17) is 18.8 Å². The Labute approximate surface area is 246 Å². The van der Waals surface area contributed by atoms with E-state index in [1.165, 1.54) is 5.56 Å². The molecule has 9 rings (SSSR count). The summed E-state index contributed by atoms with van der Waals surface area (Å²) in [7, 11) is 0. The third-order valence-corrected chi connectivity index (χ3v) is 8.08. The zero-order valence-electron chi connectivity index (χ0n) is 22.9. The zero-order chi connectivity index (χ0) is 28.3. The van der Waals surface area contributed by atoms with E-state index in [0.29, 0.717) is 11.8 Å². The molecule has 0 aliphatic heterocycles. The highest BCUT2D eigenvalue weighted by atomic mass is 16.4. The predicted octanol–water partition coefficient (Wildman–Crippen LogP) is 10.1. The van der Waals surface area contributed by atoms with Crippen LogP contribution in [-0.4, -0.2) is 14.5 Å². The second-order valence-corrected chi connectivity index (χ2v) is 10.7. The number of aromatic nitrogens is 3. The standard InChI is InChI=1S/C38H23N3O2/c1-2-10-24(11-3-1)27-12-4-7-15-32(27)41-33-20-18-25(37-39-30-13-5-8-16-35(30)42-37)22-28(33)29-23-26(19-21-34(29)41)38-40-31-14-6-9-17-36(31)43-38/h1-23H. The highest BCUT2D eigenvalue weighted by molar-refractivity contribution is 6.12. The molecule has 0 radical (unpaired) electrons. The highest BCUT2D eigenvalue weighted by Crippen LogP contribution is 2.40. The lowest BCUT2D eigenvalue weighted by Gasteiger charge is -2.14. The van der Waals surface area contributed by atoms with Crippen LogP contribution in [0.1, 0.15) is 0 Å². The van der Waals surface area contributed by atoms with Crippen LogP contribution in [0.3, 0.4) is 0 Å². The number of fused-ring (bicyclic) bond motifs is 5. The van der Waals surface area contributed by atoms with Crippen molar-refractivity contribution in [2.24, 2.45) is 0 Å². The lowest BCUT2D eigenvalue weighted by atomic mass is 10.0. The lowest BCUT2D eigenvalue weighted by Crippen LogP contribution is -1.97. The third kappa shape index (κ3) is 3.79. The summed E-state index contributed by atoms with van der Waals surface area (Å²) in [6.45, 7) is 0. The summed E-state index contributed by atoms with van der Waals surface area (Å²) < 4.78 is 14.7. The molecule has 0 amide bonds. The fraction of sp³-hybridized carbons (Fsp3) is 0. The minimum atomic E-state index is 0.601. The molecule has 0 unspecified atom stereocenters. The molecule has 5 nitrogen and oxygen atoms in total. The minimum Gasteiger partial charge on any atom is -0.436 e. The second-order valence-electron chi connectivity index (χ2n) is 10.7. The van der Waals surface area contributed by atoms with Crippen molar-refractivity contribution in [1.82, 2.24) is 14.5 Å². The Morgan fingerprint density at radius 1 is 0.442 bits per heavy atom. The van der Waals surface area contributed by atoms with Gasteiger partial charge in [-0.05, 0) is 72.3 Å². The first-order chi connectivity index (χ1) is 21.3. The molecule has 0 bridgehead atoms. The van der Waals surface area contributed by atoms with E-state index in [1.54, 1.807) is 0 Å². The average Bonchev–Trinajstić information content (AvgIpc) is 3.78. The van der Waals surface area contributed by atoms with E-state index in [0.717, 1.165) is 66.4 Å². The number of hydrogen-bond donors (Lipinski definition) is 0. The maximum absolute atomic E-state index is 6.17. The molecule has 0 aliphatic carbocycles. The summed E-state index contributed by atoms with van der Waals surface area (Å²) in [5.74, 6) is 1.20. The van der Waals surface area contributed by atoms with Gasteiger partial charge in [0.2, 0.25) is 11.8 Å². The van der Waals surface area contributed by atoms with Crippen LogP contribution in [0.25, 0.3) is 83.7 Å². The molecule has 3 aromatic heterocycles. The van der Waals surface area contributed by atoms with Gasteiger partial charge in [-0.1, -0.05) is 72.8 Å². The molecular formula is C38H23N3O2. The van der Waals surface area contributed by atoms with Crippen molar-refractivity contribution < 1.29 is 8.83 Å². The van der Waals surface area contributed by atoms with Crippen LogP contribution in [0.15, 0.2) is 148 Å². The quantitative estimate of drug-likeness (QED) is 0.218. The van der Waals surface area contributed by atoms with E-state index in [2.05, 4.69) is 89.5 Å². The Kier molecular flexibility index (Phi) is 5.13. The van der Waals surface area contributed by atoms with Crippen LogP contribution in [0.2, 0.25) is 0 Å². The number of nitrogens with zero attached hydrogens (tertiary/aromatic N) is 3. The Bertz CT molecular complexity index is 2270. The van der Waals surface area contributed by atoms with Gasteiger partial charge in [-0.2, -0.15) is 0 Å². The highest BCUT2D eigenvalue weighted by Gasteiger charge is 2.19. The summed E-state index contributed by atoms with van der Waals surface area (Å²) in [5.41, 5.74) is 10.7. The second kappa shape index (κ2) is 9.29. The van der Waals surface area contributed by atoms with Crippen molar-refractivity contribution in [2.45, 2.75) is 0 Å². The van der Waals surface area contributed by atoms with Gasteiger partial charge in [0.1, 0.15) is 11.0 Å². The van der Waals surface area contributed by atoms with Crippen LogP contribution in [0, 0.1) is 0 Å². The number of hydrogen-bond acceptors (Lipinski definition) is 4. The molecule has 0 atom stereocenters. The normalized spacial score (nSPS) is 11.7. The molecule has 5 heteroatoms. The van der Waals surface area contributed by atoms with Crippen molar-refractivity contribution in [3.8, 4) is 39.7 Å². The summed E-state index contributed by atoms with van der Waals surface area (Å²) >= 11 is 0. The van der Waals surface area contributed by atoms with Crippen molar-refractivity contribution in [2.75, 3.05) is 0 Å². The van der Waals surface area contributed by atoms with E-state index >= 15 is 0 Å². The number of oxazole rings is 2. The molecule has 0 N–H and O–H groups in total. The smallest absolute Gasteiger partial charge is 0.227 e. The van der Waals surface area contributed by atoms with Crippen molar-refractivity contribution in [3.63, 3.8) is 0 Å². The van der Waals surface area contributed by atoms with Gasteiger partial charge in [0.25, 0.3) is 0 Å². The van der Waals surface area contributed by atoms with Crippen LogP contribution >= 0.6 is 0 Å². The number of rotatable bonds is 4. The average molecular weight is 554 g/mol. The first-order valence-corrected chi connectivity index (χ1v) is 14.3. The first kappa shape index (κ1) is 23.7. The molecule has 0 saturated carbocycles. The van der Waals surface area contributed by atoms with Gasteiger partial charge in [0, 0.05) is 27.5 Å². The molecule has 0 saturated heterocycles. The molecular weight excluding hydrogens is 530 g/mol. The van der Waals surface area contributed by atoms with Gasteiger partial charge in [0.05, 0.1) is 16.7 Å². The van der Waals surface area contributed by atoms with Crippen molar-refractivity contribution in [1.29, 1.82) is 0 Å². The monoisotopic (exact) mass is 553 g/mol. The minimum absolute atomic E-state index is 0.601. The fourth-order valence-electron chi connectivity index (χ4n) is 6.07. The Balaban J connectivity index is 1.32. The summed E-state index contributed by atoms with van der Waals surface area (Å²) in [5, 5.41) is 2.19. The van der Waals surface area contributed by atoms with Gasteiger partial charge in [0.15, 0.2) is 11.2 Å².